The zero-order valence-corrected chi connectivity index (χ0v) is 23.2. The molecule has 0 bridgehead atoms. The molecule has 0 saturated carbocycles. The number of hydrogen-bond donors (Lipinski definition) is 1. The molecule has 1 atom stereocenters. The first-order valence-corrected chi connectivity index (χ1v) is 14.3. The summed E-state index contributed by atoms with van der Waals surface area (Å²) >= 11 is 0. The quantitative estimate of drug-likeness (QED) is 0.192. The summed E-state index contributed by atoms with van der Waals surface area (Å²) in [4.78, 5) is 14.7. The van der Waals surface area contributed by atoms with Crippen molar-refractivity contribution in [3.05, 3.63) is 35.9 Å². The second kappa shape index (κ2) is 17.1. The van der Waals surface area contributed by atoms with Gasteiger partial charge in [-0.2, -0.15) is 0 Å². The fourth-order valence-corrected chi connectivity index (χ4v) is 5.24. The molecule has 0 spiro atoms. The Hall–Kier alpha value is -1.35. The van der Waals surface area contributed by atoms with Gasteiger partial charge in [-0.15, -0.1) is 0 Å². The Balaban J connectivity index is 2.29. The molecule has 1 N–H and O–H groups in total. The van der Waals surface area contributed by atoms with E-state index in [0.717, 1.165) is 18.5 Å². The molecule has 0 heterocycles. The number of unbranched alkanes of at least 4 members (excludes halogenated alkanes) is 14. The van der Waals surface area contributed by atoms with Crippen LogP contribution in [-0.2, 0) is 11.2 Å². The number of nitrogens with zero attached hydrogens (tertiary/aromatic N) is 1. The van der Waals surface area contributed by atoms with Crippen molar-refractivity contribution in [2.75, 3.05) is 6.54 Å². The van der Waals surface area contributed by atoms with E-state index in [1.54, 1.807) is 0 Å². The highest BCUT2D eigenvalue weighted by atomic mass is 16.4. The first-order valence-electron chi connectivity index (χ1n) is 14.3. The minimum absolute atomic E-state index is 0.197. The molecular formula is C31H55NO2. The topological polar surface area (TPSA) is 40.5 Å². The first kappa shape index (κ1) is 30.7. The van der Waals surface area contributed by atoms with Gasteiger partial charge >= 0.3 is 5.97 Å². The lowest BCUT2D eigenvalue weighted by Crippen LogP contribution is -2.61. The van der Waals surface area contributed by atoms with Crippen molar-refractivity contribution >= 4 is 5.97 Å². The SMILES string of the molecule is CCCCCCCCCCCCCCCCCN(C(C)(C)C)C(C)(Cc1ccccc1)C(=O)O. The van der Waals surface area contributed by atoms with E-state index in [1.807, 2.05) is 37.3 Å². The van der Waals surface area contributed by atoms with Crippen molar-refractivity contribution in [2.24, 2.45) is 0 Å². The summed E-state index contributed by atoms with van der Waals surface area (Å²) in [6.45, 7) is 11.4. The van der Waals surface area contributed by atoms with E-state index in [4.69, 9.17) is 0 Å². The zero-order valence-electron chi connectivity index (χ0n) is 23.2. The summed E-state index contributed by atoms with van der Waals surface area (Å²) in [5, 5.41) is 10.2. The minimum Gasteiger partial charge on any atom is -0.480 e. The Labute approximate surface area is 211 Å². The number of aliphatic carboxylic acids is 1. The van der Waals surface area contributed by atoms with Gasteiger partial charge in [-0.05, 0) is 46.2 Å². The highest BCUT2D eigenvalue weighted by Gasteiger charge is 2.44. The molecule has 1 aromatic carbocycles. The number of carbonyl (C=O) groups is 1. The first-order chi connectivity index (χ1) is 16.2. The van der Waals surface area contributed by atoms with Crippen molar-refractivity contribution in [3.63, 3.8) is 0 Å². The average molecular weight is 474 g/mol. The van der Waals surface area contributed by atoms with E-state index in [1.165, 1.54) is 89.9 Å². The van der Waals surface area contributed by atoms with Gasteiger partial charge in [0, 0.05) is 12.0 Å². The molecule has 34 heavy (non-hydrogen) atoms. The van der Waals surface area contributed by atoms with Crippen molar-refractivity contribution in [1.82, 2.24) is 4.90 Å². The van der Waals surface area contributed by atoms with Gasteiger partial charge in [0.05, 0.1) is 0 Å². The Morgan fingerprint density at radius 3 is 1.50 bits per heavy atom. The van der Waals surface area contributed by atoms with Crippen LogP contribution in [0.3, 0.4) is 0 Å². The molecule has 1 aromatic rings. The number of carboxylic acid groups (broad SMARTS) is 1. The molecular weight excluding hydrogens is 418 g/mol. The van der Waals surface area contributed by atoms with Crippen LogP contribution < -0.4 is 0 Å². The summed E-state index contributed by atoms with van der Waals surface area (Å²) in [7, 11) is 0. The normalized spacial score (nSPS) is 13.8. The van der Waals surface area contributed by atoms with Crippen molar-refractivity contribution in [2.45, 2.75) is 148 Å². The third-order valence-corrected chi connectivity index (χ3v) is 7.24. The minimum atomic E-state index is -0.907. The van der Waals surface area contributed by atoms with Crippen LogP contribution in [0.25, 0.3) is 0 Å². The summed E-state index contributed by atoms with van der Waals surface area (Å²) in [5.41, 5.74) is -0.0220. The lowest BCUT2D eigenvalue weighted by molar-refractivity contribution is -0.154. The van der Waals surface area contributed by atoms with Crippen LogP contribution in [0.15, 0.2) is 30.3 Å². The van der Waals surface area contributed by atoms with E-state index in [9.17, 15) is 9.90 Å². The van der Waals surface area contributed by atoms with Crippen LogP contribution in [0.5, 0.6) is 0 Å². The molecule has 0 saturated heterocycles. The summed E-state index contributed by atoms with van der Waals surface area (Å²) in [5.74, 6) is -0.729. The van der Waals surface area contributed by atoms with Crippen LogP contribution in [-0.4, -0.2) is 33.6 Å². The average Bonchev–Trinajstić information content (AvgIpc) is 2.78. The molecule has 0 aliphatic heterocycles. The number of hydrogen-bond acceptors (Lipinski definition) is 2. The Kier molecular flexibility index (Phi) is 15.5. The predicted molar refractivity (Wildman–Crippen MR) is 148 cm³/mol. The molecule has 1 unspecified atom stereocenters. The second-order valence-electron chi connectivity index (χ2n) is 11.5. The lowest BCUT2D eigenvalue weighted by Gasteiger charge is -2.46. The van der Waals surface area contributed by atoms with E-state index in [2.05, 4.69) is 32.6 Å². The van der Waals surface area contributed by atoms with Crippen LogP contribution in [0, 0.1) is 0 Å². The Morgan fingerprint density at radius 2 is 1.12 bits per heavy atom. The van der Waals surface area contributed by atoms with Gasteiger partial charge in [0.2, 0.25) is 0 Å². The van der Waals surface area contributed by atoms with Gasteiger partial charge in [0.25, 0.3) is 0 Å². The van der Waals surface area contributed by atoms with Crippen LogP contribution >= 0.6 is 0 Å². The highest BCUT2D eigenvalue weighted by molar-refractivity contribution is 5.79. The summed E-state index contributed by atoms with van der Waals surface area (Å²) in [6, 6.07) is 10.0. The molecule has 196 valence electrons. The summed E-state index contributed by atoms with van der Waals surface area (Å²) < 4.78 is 0. The number of carboxylic acids is 1. The smallest absolute Gasteiger partial charge is 0.324 e. The van der Waals surface area contributed by atoms with Gasteiger partial charge in [0.1, 0.15) is 5.54 Å². The molecule has 3 heteroatoms. The van der Waals surface area contributed by atoms with Crippen LogP contribution in [0.1, 0.15) is 136 Å². The fourth-order valence-electron chi connectivity index (χ4n) is 5.24. The van der Waals surface area contributed by atoms with Gasteiger partial charge in [-0.25, -0.2) is 0 Å². The fraction of sp³-hybridized carbons (Fsp3) is 0.774. The molecule has 3 nitrogen and oxygen atoms in total. The highest BCUT2D eigenvalue weighted by Crippen LogP contribution is 2.30. The molecule has 0 aliphatic carbocycles. The zero-order chi connectivity index (χ0) is 25.3. The maximum Gasteiger partial charge on any atom is 0.324 e. The van der Waals surface area contributed by atoms with Crippen molar-refractivity contribution < 1.29 is 9.90 Å². The predicted octanol–water partition coefficient (Wildman–Crippen LogP) is 9.04. The van der Waals surface area contributed by atoms with Gasteiger partial charge in [-0.3, -0.25) is 9.69 Å². The van der Waals surface area contributed by atoms with Gasteiger partial charge in [0.15, 0.2) is 0 Å². The molecule has 0 aliphatic rings. The third kappa shape index (κ3) is 12.4. The van der Waals surface area contributed by atoms with Crippen molar-refractivity contribution in [1.29, 1.82) is 0 Å². The third-order valence-electron chi connectivity index (χ3n) is 7.24. The van der Waals surface area contributed by atoms with E-state index in [0.29, 0.717) is 6.42 Å². The van der Waals surface area contributed by atoms with Gasteiger partial charge < -0.3 is 5.11 Å². The second-order valence-corrected chi connectivity index (χ2v) is 11.5. The van der Waals surface area contributed by atoms with Crippen LogP contribution in [0.2, 0.25) is 0 Å². The molecule has 1 rings (SSSR count). The summed E-state index contributed by atoms with van der Waals surface area (Å²) in [6.07, 6.45) is 20.7. The number of benzene rings is 1. The molecule has 0 radical (unpaired) electrons. The van der Waals surface area contributed by atoms with E-state index in [-0.39, 0.29) is 5.54 Å². The van der Waals surface area contributed by atoms with E-state index >= 15 is 0 Å². The lowest BCUT2D eigenvalue weighted by atomic mass is 9.86. The molecule has 0 amide bonds. The maximum atomic E-state index is 12.4. The van der Waals surface area contributed by atoms with Gasteiger partial charge in [-0.1, -0.05) is 127 Å². The standard InChI is InChI=1S/C31H55NO2/c1-6-7-8-9-10-11-12-13-14-15-16-17-18-19-23-26-32(30(2,3)4)31(5,29(33)34)27-28-24-21-20-22-25-28/h20-22,24-25H,6-19,23,26-27H2,1-5H3,(H,33,34). The Bertz CT molecular complexity index is 637. The van der Waals surface area contributed by atoms with E-state index < -0.39 is 11.5 Å². The Morgan fingerprint density at radius 1 is 0.706 bits per heavy atom. The van der Waals surface area contributed by atoms with Crippen molar-refractivity contribution in [3.8, 4) is 0 Å². The molecule has 0 aromatic heterocycles. The number of rotatable bonds is 20. The largest absolute Gasteiger partial charge is 0.480 e. The monoisotopic (exact) mass is 473 g/mol. The molecule has 0 fully saturated rings. The maximum absolute atomic E-state index is 12.4. The van der Waals surface area contributed by atoms with Crippen LogP contribution in [0.4, 0.5) is 0 Å².